The lowest BCUT2D eigenvalue weighted by atomic mass is 9.99. The third-order valence-corrected chi connectivity index (χ3v) is 7.20. The average Bonchev–Trinajstić information content (AvgIpc) is 3.29. The predicted molar refractivity (Wildman–Crippen MR) is 132 cm³/mol. The number of aromatic nitrogens is 4. The fourth-order valence-electron chi connectivity index (χ4n) is 4.09. The Hall–Kier alpha value is -2.82. The first-order chi connectivity index (χ1) is 15.4. The largest absolute Gasteiger partial charge is 0.383 e. The van der Waals surface area contributed by atoms with Crippen molar-refractivity contribution in [1.29, 1.82) is 0 Å². The smallest absolute Gasteiger partial charge is 0.164 e. The number of para-hydroxylation sites is 1. The zero-order chi connectivity index (χ0) is 22.6. The first-order valence-corrected chi connectivity index (χ1v) is 11.9. The molecular weight excluding hydrogens is 490 g/mol. The summed E-state index contributed by atoms with van der Waals surface area (Å²) in [5, 5.41) is 19.6. The summed E-state index contributed by atoms with van der Waals surface area (Å²) in [5.41, 5.74) is 10.6. The van der Waals surface area contributed by atoms with Gasteiger partial charge in [0.2, 0.25) is 0 Å². The molecule has 32 heavy (non-hydrogen) atoms. The fraction of sp³-hybridized carbons (Fsp3) is 0.273. The third-order valence-electron chi connectivity index (χ3n) is 5.64. The average molecular weight is 512 g/mol. The monoisotopic (exact) mass is 511 g/mol. The number of rotatable bonds is 4. The molecule has 4 aromatic rings. The van der Waals surface area contributed by atoms with E-state index in [1.54, 1.807) is 4.68 Å². The van der Waals surface area contributed by atoms with E-state index in [1.807, 2.05) is 35.4 Å². The summed E-state index contributed by atoms with van der Waals surface area (Å²) in [6, 6.07) is 8.12. The molecule has 0 saturated heterocycles. The summed E-state index contributed by atoms with van der Waals surface area (Å²) >= 11 is 5.00. The Morgan fingerprint density at radius 2 is 2.03 bits per heavy atom. The number of halogens is 1. The number of thiophene rings is 1. The molecule has 0 amide bonds. The molecule has 1 aromatic carbocycles. The minimum absolute atomic E-state index is 0.275. The molecule has 1 atom stereocenters. The number of benzene rings is 1. The van der Waals surface area contributed by atoms with Crippen molar-refractivity contribution < 1.29 is 5.11 Å². The number of amidine groups is 1. The molecule has 3 aromatic heterocycles. The molecule has 8 nitrogen and oxygen atoms in total. The van der Waals surface area contributed by atoms with Crippen LogP contribution in [0, 0.1) is 6.92 Å². The lowest BCUT2D eigenvalue weighted by Gasteiger charge is -2.36. The highest BCUT2D eigenvalue weighted by atomic mass is 79.9. The van der Waals surface area contributed by atoms with Gasteiger partial charge in [0.15, 0.2) is 11.9 Å². The van der Waals surface area contributed by atoms with Crippen molar-refractivity contribution in [3.63, 3.8) is 0 Å². The van der Waals surface area contributed by atoms with E-state index in [4.69, 9.17) is 10.7 Å². The molecule has 0 fully saturated rings. The Bertz CT molecular complexity index is 1360. The second kappa shape index (κ2) is 7.95. The molecule has 0 aliphatic carbocycles. The number of aliphatic hydroxyl groups excluding tert-OH is 1. The normalized spacial score (nSPS) is 16.0. The molecule has 10 heteroatoms. The molecule has 5 rings (SSSR count). The van der Waals surface area contributed by atoms with E-state index in [0.717, 1.165) is 27.4 Å². The van der Waals surface area contributed by atoms with E-state index in [0.29, 0.717) is 33.8 Å². The van der Waals surface area contributed by atoms with Crippen LogP contribution >= 0.6 is 27.3 Å². The van der Waals surface area contributed by atoms with E-state index in [1.165, 1.54) is 17.7 Å². The van der Waals surface area contributed by atoms with Gasteiger partial charge in [-0.15, -0.1) is 11.3 Å². The molecule has 0 radical (unpaired) electrons. The molecule has 3 N–H and O–H groups in total. The van der Waals surface area contributed by atoms with Gasteiger partial charge in [0.1, 0.15) is 34.1 Å². The van der Waals surface area contributed by atoms with E-state index in [2.05, 4.69) is 50.9 Å². The summed E-state index contributed by atoms with van der Waals surface area (Å²) in [7, 11) is 0. The van der Waals surface area contributed by atoms with Crippen LogP contribution in [0.25, 0.3) is 11.0 Å². The number of aliphatic hydroxyl groups is 1. The minimum Gasteiger partial charge on any atom is -0.383 e. The second-order valence-corrected chi connectivity index (χ2v) is 9.64. The first-order valence-electron chi connectivity index (χ1n) is 10.2. The van der Waals surface area contributed by atoms with Crippen LogP contribution in [0.2, 0.25) is 0 Å². The van der Waals surface area contributed by atoms with E-state index >= 15 is 0 Å². The van der Waals surface area contributed by atoms with Crippen LogP contribution in [-0.2, 0) is 6.54 Å². The van der Waals surface area contributed by atoms with Gasteiger partial charge in [-0.05, 0) is 51.3 Å². The highest BCUT2D eigenvalue weighted by molar-refractivity contribution is 9.10. The number of nitrogens with two attached hydrogens (primary N) is 1. The number of hydrogen-bond donors (Lipinski definition) is 2. The van der Waals surface area contributed by atoms with E-state index in [-0.39, 0.29) is 5.92 Å². The van der Waals surface area contributed by atoms with E-state index in [9.17, 15) is 5.11 Å². The van der Waals surface area contributed by atoms with Gasteiger partial charge in [0.05, 0.1) is 5.39 Å². The number of hydrogen-bond acceptors (Lipinski definition) is 8. The Kier molecular flexibility index (Phi) is 5.23. The lowest BCUT2D eigenvalue weighted by Crippen LogP contribution is -2.40. The van der Waals surface area contributed by atoms with Gasteiger partial charge in [-0.2, -0.15) is 5.10 Å². The molecule has 1 aliphatic heterocycles. The SMILES string of the molecule is Cc1csc2c1C(O)N(c1ccccc1C(C)C)C(Cn1nc(Br)c3c(N)ncnc31)=N2. The fourth-order valence-corrected chi connectivity index (χ4v) is 5.63. The molecule has 1 unspecified atom stereocenters. The number of aryl methyl sites for hydroxylation is 1. The van der Waals surface area contributed by atoms with Crippen molar-refractivity contribution in [2.24, 2.45) is 4.99 Å². The standard InChI is InChI=1S/C22H22BrN7OS/c1-11(2)13-6-4-5-7-14(13)30-15(27-21-16(22(30)31)12(3)9-32-21)8-29-20-17(18(23)28-29)19(24)25-10-26-20/h4-7,9-11,22,31H,8H2,1-3H3,(H2,24,25,26). The van der Waals surface area contributed by atoms with Crippen molar-refractivity contribution in [1.82, 2.24) is 19.7 Å². The number of fused-ring (bicyclic) bond motifs is 2. The number of nitrogens with zero attached hydrogens (tertiary/aromatic N) is 6. The summed E-state index contributed by atoms with van der Waals surface area (Å²) in [6.07, 6.45) is 0.570. The highest BCUT2D eigenvalue weighted by Crippen LogP contribution is 2.44. The zero-order valence-electron chi connectivity index (χ0n) is 17.8. The topological polar surface area (TPSA) is 105 Å². The Morgan fingerprint density at radius 1 is 1.25 bits per heavy atom. The molecule has 0 bridgehead atoms. The number of aliphatic imine (C=N–C) groups is 1. The van der Waals surface area contributed by atoms with E-state index < -0.39 is 6.23 Å². The molecule has 4 heterocycles. The molecule has 0 saturated carbocycles. The van der Waals surface area contributed by atoms with Crippen LogP contribution in [0.5, 0.6) is 0 Å². The van der Waals surface area contributed by atoms with Crippen molar-refractivity contribution in [2.45, 2.75) is 39.5 Å². The van der Waals surface area contributed by atoms with Gasteiger partial charge in [-0.3, -0.25) is 4.90 Å². The summed E-state index contributed by atoms with van der Waals surface area (Å²) in [6.45, 7) is 6.60. The minimum atomic E-state index is -0.853. The van der Waals surface area contributed by atoms with Crippen molar-refractivity contribution >= 4 is 60.6 Å². The van der Waals surface area contributed by atoms with Gasteiger partial charge in [-0.1, -0.05) is 32.0 Å². The molecule has 164 valence electrons. The van der Waals surface area contributed by atoms with Crippen LogP contribution in [0.1, 0.15) is 42.7 Å². The van der Waals surface area contributed by atoms with Gasteiger partial charge in [-0.25, -0.2) is 19.6 Å². The Morgan fingerprint density at radius 3 is 2.81 bits per heavy atom. The van der Waals surface area contributed by atoms with Gasteiger partial charge >= 0.3 is 0 Å². The lowest BCUT2D eigenvalue weighted by molar-refractivity contribution is 0.185. The summed E-state index contributed by atoms with van der Waals surface area (Å²) < 4.78 is 2.31. The quantitative estimate of drug-likeness (QED) is 0.403. The maximum Gasteiger partial charge on any atom is 0.164 e. The predicted octanol–water partition coefficient (Wildman–Crippen LogP) is 4.91. The highest BCUT2D eigenvalue weighted by Gasteiger charge is 2.34. The summed E-state index contributed by atoms with van der Waals surface area (Å²) in [4.78, 5) is 15.3. The maximum atomic E-state index is 11.5. The van der Waals surface area contributed by atoms with Crippen molar-refractivity contribution in [3.05, 3.63) is 57.3 Å². The van der Waals surface area contributed by atoms with Crippen LogP contribution < -0.4 is 10.6 Å². The second-order valence-electron chi connectivity index (χ2n) is 8.03. The molecular formula is C22H22BrN7OS. The van der Waals surface area contributed by atoms with Crippen LogP contribution in [0.15, 0.2) is 45.6 Å². The number of nitrogen functional groups attached to an aromatic ring is 1. The maximum absolute atomic E-state index is 11.5. The first kappa shape index (κ1) is 21.0. The van der Waals surface area contributed by atoms with Gasteiger partial charge in [0, 0.05) is 11.3 Å². The van der Waals surface area contributed by atoms with Gasteiger partial charge < -0.3 is 10.8 Å². The molecule has 0 spiro atoms. The van der Waals surface area contributed by atoms with Crippen LogP contribution in [0.4, 0.5) is 16.5 Å². The Labute approximate surface area is 197 Å². The van der Waals surface area contributed by atoms with Crippen LogP contribution in [0.3, 0.4) is 0 Å². The van der Waals surface area contributed by atoms with Crippen molar-refractivity contribution in [2.75, 3.05) is 10.6 Å². The molecule has 1 aliphatic rings. The zero-order valence-corrected chi connectivity index (χ0v) is 20.2. The number of anilines is 2. The Balaban J connectivity index is 1.68. The van der Waals surface area contributed by atoms with Gasteiger partial charge in [0.25, 0.3) is 0 Å². The van der Waals surface area contributed by atoms with Crippen molar-refractivity contribution in [3.8, 4) is 0 Å². The summed E-state index contributed by atoms with van der Waals surface area (Å²) in [5.74, 6) is 1.31. The third kappa shape index (κ3) is 3.30. The van der Waals surface area contributed by atoms with Crippen LogP contribution in [-0.4, -0.2) is 30.7 Å².